The number of ether oxygens (including phenoxy) is 1. The number of nitrogens with one attached hydrogen (secondary N) is 1. The number of nitrogens with zero attached hydrogens (tertiary/aromatic N) is 1. The molecule has 1 atom stereocenters. The van der Waals surface area contributed by atoms with Gasteiger partial charge in [0, 0.05) is 6.20 Å². The smallest absolute Gasteiger partial charge is 0.413 e. The molecule has 1 heterocycles. The Morgan fingerprint density at radius 2 is 2.18 bits per heavy atom. The normalized spacial score (nSPS) is 13.0. The predicted octanol–water partition coefficient (Wildman–Crippen LogP) is 2.48. The number of aliphatic hydroxyl groups is 1. The number of hydrogen-bond acceptors (Lipinski definition) is 4. The van der Waals surface area contributed by atoms with Gasteiger partial charge in [-0.1, -0.05) is 0 Å². The molecule has 0 fully saturated rings. The second-order valence-corrected chi connectivity index (χ2v) is 4.78. The Bertz CT molecular complexity index is 397. The minimum Gasteiger partial charge on any atom is -0.444 e. The number of rotatable bonds is 2. The van der Waals surface area contributed by atoms with Gasteiger partial charge in [-0.05, 0) is 45.4 Å². The Labute approximate surface area is 101 Å². The Morgan fingerprint density at radius 3 is 2.71 bits per heavy atom. The van der Waals surface area contributed by atoms with E-state index in [4.69, 9.17) is 4.74 Å². The SMILES string of the molecule is CC(O)c1ccnc(NC(=O)OC(C)(C)C)c1. The van der Waals surface area contributed by atoms with Gasteiger partial charge in [-0.25, -0.2) is 9.78 Å². The van der Waals surface area contributed by atoms with Gasteiger partial charge in [0.25, 0.3) is 0 Å². The summed E-state index contributed by atoms with van der Waals surface area (Å²) in [6.07, 6.45) is 0.360. The molecule has 0 bridgehead atoms. The van der Waals surface area contributed by atoms with Crippen LogP contribution in [-0.4, -0.2) is 21.8 Å². The molecule has 0 aliphatic rings. The average Bonchev–Trinajstić information content (AvgIpc) is 2.14. The summed E-state index contributed by atoms with van der Waals surface area (Å²) >= 11 is 0. The molecule has 0 spiro atoms. The van der Waals surface area contributed by atoms with Crippen LogP contribution in [0.1, 0.15) is 39.4 Å². The first-order chi connectivity index (χ1) is 7.78. The van der Waals surface area contributed by atoms with Crippen LogP contribution >= 0.6 is 0 Å². The van der Waals surface area contributed by atoms with Gasteiger partial charge in [-0.2, -0.15) is 0 Å². The number of pyridine rings is 1. The number of carbonyl (C=O) groups is 1. The molecule has 0 saturated carbocycles. The van der Waals surface area contributed by atoms with Gasteiger partial charge in [0.1, 0.15) is 11.4 Å². The van der Waals surface area contributed by atoms with Crippen LogP contribution < -0.4 is 5.32 Å². The number of aliphatic hydroxyl groups excluding tert-OH is 1. The van der Waals surface area contributed by atoms with E-state index < -0.39 is 17.8 Å². The lowest BCUT2D eigenvalue weighted by Gasteiger charge is -2.19. The van der Waals surface area contributed by atoms with Crippen molar-refractivity contribution in [1.29, 1.82) is 0 Å². The van der Waals surface area contributed by atoms with Gasteiger partial charge in [-0.3, -0.25) is 5.32 Å². The lowest BCUT2D eigenvalue weighted by Crippen LogP contribution is -2.27. The number of amides is 1. The van der Waals surface area contributed by atoms with Crippen LogP contribution in [0, 0.1) is 0 Å². The van der Waals surface area contributed by atoms with Gasteiger partial charge < -0.3 is 9.84 Å². The monoisotopic (exact) mass is 238 g/mol. The largest absolute Gasteiger partial charge is 0.444 e. The minimum atomic E-state index is -0.600. The van der Waals surface area contributed by atoms with E-state index in [1.54, 1.807) is 39.8 Å². The molecule has 1 unspecified atom stereocenters. The molecule has 1 aromatic rings. The fraction of sp³-hybridized carbons (Fsp3) is 0.500. The molecule has 5 nitrogen and oxygen atoms in total. The third-order valence-corrected chi connectivity index (χ3v) is 1.90. The fourth-order valence-corrected chi connectivity index (χ4v) is 1.18. The molecule has 5 heteroatoms. The maximum atomic E-state index is 11.5. The minimum absolute atomic E-state index is 0.359. The van der Waals surface area contributed by atoms with Crippen molar-refractivity contribution in [1.82, 2.24) is 4.98 Å². The lowest BCUT2D eigenvalue weighted by molar-refractivity contribution is 0.0635. The Kier molecular flexibility index (Phi) is 4.07. The fourth-order valence-electron chi connectivity index (χ4n) is 1.18. The number of aromatic nitrogens is 1. The zero-order chi connectivity index (χ0) is 13.1. The standard InChI is InChI=1S/C12H18N2O3/c1-8(15)9-5-6-13-10(7-9)14-11(16)17-12(2,3)4/h5-8,15H,1-4H3,(H,13,14,16). The lowest BCUT2D eigenvalue weighted by atomic mass is 10.2. The highest BCUT2D eigenvalue weighted by Gasteiger charge is 2.16. The Hall–Kier alpha value is -1.62. The van der Waals surface area contributed by atoms with Gasteiger partial charge in [0.2, 0.25) is 0 Å². The summed E-state index contributed by atoms with van der Waals surface area (Å²) in [6, 6.07) is 3.29. The molecule has 1 aromatic heterocycles. The van der Waals surface area contributed by atoms with Crippen molar-refractivity contribution in [2.45, 2.75) is 39.4 Å². The maximum Gasteiger partial charge on any atom is 0.413 e. The van der Waals surface area contributed by atoms with Crippen LogP contribution in [0.2, 0.25) is 0 Å². The van der Waals surface area contributed by atoms with E-state index in [2.05, 4.69) is 10.3 Å². The molecule has 94 valence electrons. The van der Waals surface area contributed by atoms with Crippen LogP contribution in [0.3, 0.4) is 0 Å². The molecule has 0 aromatic carbocycles. The summed E-state index contributed by atoms with van der Waals surface area (Å²) in [6.45, 7) is 7.00. The summed E-state index contributed by atoms with van der Waals surface area (Å²) in [5.74, 6) is 0.359. The second-order valence-electron chi connectivity index (χ2n) is 4.78. The molecule has 17 heavy (non-hydrogen) atoms. The van der Waals surface area contributed by atoms with Crippen molar-refractivity contribution < 1.29 is 14.6 Å². The number of anilines is 1. The van der Waals surface area contributed by atoms with E-state index in [0.717, 1.165) is 0 Å². The average molecular weight is 238 g/mol. The summed E-state index contributed by atoms with van der Waals surface area (Å²) in [7, 11) is 0. The molecule has 2 N–H and O–H groups in total. The van der Waals surface area contributed by atoms with Gasteiger partial charge in [0.05, 0.1) is 6.10 Å². The third-order valence-electron chi connectivity index (χ3n) is 1.90. The van der Waals surface area contributed by atoms with Crippen LogP contribution in [0.15, 0.2) is 18.3 Å². The summed E-state index contributed by atoms with van der Waals surface area (Å²) < 4.78 is 5.09. The van der Waals surface area contributed by atoms with E-state index in [9.17, 15) is 9.90 Å². The van der Waals surface area contributed by atoms with Crippen molar-refractivity contribution in [3.05, 3.63) is 23.9 Å². The van der Waals surface area contributed by atoms with Crippen LogP contribution in [0.4, 0.5) is 10.6 Å². The highest BCUT2D eigenvalue weighted by atomic mass is 16.6. The number of hydrogen-bond donors (Lipinski definition) is 2. The summed E-state index contributed by atoms with van der Waals surface area (Å²) in [5.41, 5.74) is 0.137. The van der Waals surface area contributed by atoms with E-state index in [1.807, 2.05) is 0 Å². The van der Waals surface area contributed by atoms with Crippen molar-refractivity contribution in [3.63, 3.8) is 0 Å². The predicted molar refractivity (Wildman–Crippen MR) is 64.7 cm³/mol. The quantitative estimate of drug-likeness (QED) is 0.830. The van der Waals surface area contributed by atoms with Crippen LogP contribution in [0.5, 0.6) is 0 Å². The summed E-state index contributed by atoms with van der Waals surface area (Å²) in [4.78, 5) is 15.4. The second kappa shape index (κ2) is 5.14. The van der Waals surface area contributed by atoms with Crippen molar-refractivity contribution in [3.8, 4) is 0 Å². The molecular weight excluding hydrogens is 220 g/mol. The Balaban J connectivity index is 2.69. The maximum absolute atomic E-state index is 11.5. The molecule has 1 amide bonds. The third kappa shape index (κ3) is 4.82. The van der Waals surface area contributed by atoms with Crippen LogP contribution in [-0.2, 0) is 4.74 Å². The first kappa shape index (κ1) is 13.4. The first-order valence-electron chi connectivity index (χ1n) is 5.42. The molecule has 0 aliphatic heterocycles. The van der Waals surface area contributed by atoms with Gasteiger partial charge in [-0.15, -0.1) is 0 Å². The van der Waals surface area contributed by atoms with Gasteiger partial charge >= 0.3 is 6.09 Å². The highest BCUT2D eigenvalue weighted by Crippen LogP contribution is 2.15. The first-order valence-corrected chi connectivity index (χ1v) is 5.42. The zero-order valence-electron chi connectivity index (χ0n) is 10.5. The van der Waals surface area contributed by atoms with Crippen molar-refractivity contribution in [2.24, 2.45) is 0 Å². The molecule has 1 rings (SSSR count). The zero-order valence-corrected chi connectivity index (χ0v) is 10.5. The Morgan fingerprint density at radius 1 is 1.53 bits per heavy atom. The van der Waals surface area contributed by atoms with Crippen LogP contribution in [0.25, 0.3) is 0 Å². The van der Waals surface area contributed by atoms with Crippen molar-refractivity contribution in [2.75, 3.05) is 5.32 Å². The van der Waals surface area contributed by atoms with E-state index in [1.165, 1.54) is 6.20 Å². The number of carbonyl (C=O) groups excluding carboxylic acids is 1. The van der Waals surface area contributed by atoms with E-state index in [0.29, 0.717) is 11.4 Å². The molecular formula is C12H18N2O3. The topological polar surface area (TPSA) is 71.5 Å². The van der Waals surface area contributed by atoms with E-state index >= 15 is 0 Å². The molecule has 0 saturated heterocycles. The summed E-state index contributed by atoms with van der Waals surface area (Å²) in [5, 5.41) is 11.9. The molecule has 0 radical (unpaired) electrons. The molecule has 0 aliphatic carbocycles. The van der Waals surface area contributed by atoms with Crippen molar-refractivity contribution >= 4 is 11.9 Å². The van der Waals surface area contributed by atoms with E-state index in [-0.39, 0.29) is 0 Å². The van der Waals surface area contributed by atoms with Gasteiger partial charge in [0.15, 0.2) is 0 Å². The highest BCUT2D eigenvalue weighted by molar-refractivity contribution is 5.83.